The molecule has 0 aliphatic carbocycles. The number of aliphatic imine (C=N–C) groups is 1. The minimum Gasteiger partial charge on any atom is -0.480 e. The summed E-state index contributed by atoms with van der Waals surface area (Å²) in [4.78, 5) is 15.8. The number of carbonyl (C=O) groups is 1. The number of benzene rings is 1. The largest absolute Gasteiger partial charge is 0.480 e. The van der Waals surface area contributed by atoms with Gasteiger partial charge in [-0.2, -0.15) is 0 Å². The molecule has 0 aliphatic rings. The maximum Gasteiger partial charge on any atom is 0.328 e. The molecule has 21 heavy (non-hydrogen) atoms. The molecule has 0 bridgehead atoms. The van der Waals surface area contributed by atoms with Gasteiger partial charge in [0.25, 0.3) is 0 Å². The summed E-state index contributed by atoms with van der Waals surface area (Å²) < 4.78 is 0.800. The average Bonchev–Trinajstić information content (AvgIpc) is 2.42. The Morgan fingerprint density at radius 2 is 1.90 bits per heavy atom. The van der Waals surface area contributed by atoms with E-state index in [1.807, 2.05) is 24.6 Å². The highest BCUT2D eigenvalue weighted by Gasteiger charge is 2.19. The smallest absolute Gasteiger partial charge is 0.328 e. The van der Waals surface area contributed by atoms with Crippen molar-refractivity contribution in [1.82, 2.24) is 0 Å². The van der Waals surface area contributed by atoms with Crippen LogP contribution in [0.5, 0.6) is 0 Å². The van der Waals surface area contributed by atoms with Crippen molar-refractivity contribution >= 4 is 33.9 Å². The van der Waals surface area contributed by atoms with Crippen molar-refractivity contribution in [3.05, 3.63) is 35.4 Å². The molecule has 1 aromatic carbocycles. The molecule has 0 radical (unpaired) electrons. The highest BCUT2D eigenvalue weighted by Crippen LogP contribution is 2.24. The first kappa shape index (κ1) is 18.1. The third-order valence-electron chi connectivity index (χ3n) is 3.12. The molecule has 0 saturated carbocycles. The summed E-state index contributed by atoms with van der Waals surface area (Å²) in [5, 5.41) is 9.38. The number of nitrogens with zero attached hydrogens (tertiary/aromatic N) is 1. The Hall–Kier alpha value is -0.940. The number of rotatable bonds is 4. The van der Waals surface area contributed by atoms with Crippen molar-refractivity contribution in [3.63, 3.8) is 0 Å². The van der Waals surface area contributed by atoms with Crippen molar-refractivity contribution < 1.29 is 9.90 Å². The Kier molecular flexibility index (Phi) is 6.81. The van der Waals surface area contributed by atoms with E-state index in [2.05, 4.69) is 37.9 Å². The monoisotopic (exact) mass is 325 g/mol. The van der Waals surface area contributed by atoms with Crippen molar-refractivity contribution in [2.24, 2.45) is 4.99 Å². The fourth-order valence-corrected chi connectivity index (χ4v) is 3.02. The van der Waals surface area contributed by atoms with Crippen LogP contribution in [-0.4, -0.2) is 34.0 Å². The van der Waals surface area contributed by atoms with E-state index >= 15 is 0 Å². The molecule has 0 saturated heterocycles. The minimum absolute atomic E-state index is 0.0572. The molecule has 1 N–H and O–H groups in total. The molecule has 0 fully saturated rings. The van der Waals surface area contributed by atoms with E-state index in [9.17, 15) is 9.90 Å². The maximum absolute atomic E-state index is 11.4. The Bertz CT molecular complexity index is 515. The van der Waals surface area contributed by atoms with Crippen LogP contribution in [0.1, 0.15) is 31.9 Å². The standard InChI is InChI=1S/C16H23NO2S2/c1-16(2,3)12-8-6-7-11(9-12)10-13(14(18)19)17-15(20-4)21-5/h6-9,13H,10H2,1-5H3,(H,18,19). The molecular formula is C16H23NO2S2. The second-order valence-electron chi connectivity index (χ2n) is 5.81. The van der Waals surface area contributed by atoms with E-state index in [1.165, 1.54) is 29.1 Å². The Morgan fingerprint density at radius 1 is 1.29 bits per heavy atom. The summed E-state index contributed by atoms with van der Waals surface area (Å²) in [5.41, 5.74) is 2.28. The van der Waals surface area contributed by atoms with Crippen molar-refractivity contribution in [1.29, 1.82) is 0 Å². The zero-order valence-electron chi connectivity index (χ0n) is 13.2. The summed E-state index contributed by atoms with van der Waals surface area (Å²) >= 11 is 2.97. The van der Waals surface area contributed by atoms with Crippen LogP contribution >= 0.6 is 23.5 Å². The van der Waals surface area contributed by atoms with Crippen molar-refractivity contribution in [2.75, 3.05) is 12.5 Å². The average molecular weight is 325 g/mol. The predicted molar refractivity (Wildman–Crippen MR) is 94.7 cm³/mol. The van der Waals surface area contributed by atoms with Gasteiger partial charge in [-0.05, 0) is 29.1 Å². The molecule has 0 spiro atoms. The molecule has 116 valence electrons. The van der Waals surface area contributed by atoms with Crippen LogP contribution < -0.4 is 0 Å². The third-order valence-corrected chi connectivity index (χ3v) is 5.03. The lowest BCUT2D eigenvalue weighted by molar-refractivity contribution is -0.138. The number of carboxylic acids is 1. The number of aliphatic carboxylic acids is 1. The van der Waals surface area contributed by atoms with Gasteiger partial charge in [0.1, 0.15) is 4.38 Å². The summed E-state index contributed by atoms with van der Waals surface area (Å²) in [6, 6.07) is 7.40. The maximum atomic E-state index is 11.4. The van der Waals surface area contributed by atoms with Crippen molar-refractivity contribution in [2.45, 2.75) is 38.6 Å². The molecule has 1 rings (SSSR count). The molecule has 5 heteroatoms. The molecular weight excluding hydrogens is 302 g/mol. The summed E-state index contributed by atoms with van der Waals surface area (Å²) in [5.74, 6) is -0.878. The number of thioether (sulfide) groups is 2. The zero-order chi connectivity index (χ0) is 16.0. The highest BCUT2D eigenvalue weighted by atomic mass is 32.2. The topological polar surface area (TPSA) is 49.7 Å². The SMILES string of the molecule is CSC(=NC(Cc1cccc(C(C)(C)C)c1)C(=O)O)SC. The Morgan fingerprint density at radius 3 is 2.38 bits per heavy atom. The Labute approximate surface area is 135 Å². The summed E-state index contributed by atoms with van der Waals surface area (Å²) in [7, 11) is 0. The van der Waals surface area contributed by atoms with Gasteiger partial charge in [-0.3, -0.25) is 4.99 Å². The second-order valence-corrected chi connectivity index (χ2v) is 7.66. The van der Waals surface area contributed by atoms with Gasteiger partial charge in [0.2, 0.25) is 0 Å². The van der Waals surface area contributed by atoms with E-state index in [0.29, 0.717) is 6.42 Å². The number of hydrogen-bond donors (Lipinski definition) is 1. The molecule has 1 unspecified atom stereocenters. The van der Waals surface area contributed by atoms with Gasteiger partial charge in [-0.15, -0.1) is 23.5 Å². The lowest BCUT2D eigenvalue weighted by Gasteiger charge is -2.20. The Balaban J connectivity index is 3.00. The van der Waals surface area contributed by atoms with Crippen LogP contribution in [0.2, 0.25) is 0 Å². The number of hydrogen-bond acceptors (Lipinski definition) is 4. The molecule has 3 nitrogen and oxygen atoms in total. The predicted octanol–water partition coefficient (Wildman–Crippen LogP) is 4.06. The first-order valence-electron chi connectivity index (χ1n) is 6.76. The quantitative estimate of drug-likeness (QED) is 0.670. The van der Waals surface area contributed by atoms with E-state index in [-0.39, 0.29) is 5.41 Å². The minimum atomic E-state index is -0.878. The normalized spacial score (nSPS) is 12.8. The van der Waals surface area contributed by atoms with Crippen molar-refractivity contribution in [3.8, 4) is 0 Å². The van der Waals surface area contributed by atoms with Gasteiger partial charge in [0.15, 0.2) is 6.04 Å². The fourth-order valence-electron chi connectivity index (χ4n) is 1.89. The molecule has 0 heterocycles. The lowest BCUT2D eigenvalue weighted by Crippen LogP contribution is -2.22. The molecule has 1 atom stereocenters. The van der Waals surface area contributed by atoms with Gasteiger partial charge in [0.05, 0.1) is 0 Å². The number of carboxylic acid groups (broad SMARTS) is 1. The molecule has 1 aromatic rings. The van der Waals surface area contributed by atoms with Crippen LogP contribution in [0.3, 0.4) is 0 Å². The van der Waals surface area contributed by atoms with E-state index in [0.717, 1.165) is 9.94 Å². The summed E-state index contributed by atoms with van der Waals surface area (Å²) in [6.07, 6.45) is 4.24. The summed E-state index contributed by atoms with van der Waals surface area (Å²) in [6.45, 7) is 6.45. The van der Waals surface area contributed by atoms with E-state index < -0.39 is 12.0 Å². The first-order chi connectivity index (χ1) is 9.77. The zero-order valence-corrected chi connectivity index (χ0v) is 14.8. The second kappa shape index (κ2) is 7.90. The third kappa shape index (κ3) is 5.75. The fraction of sp³-hybridized carbons (Fsp3) is 0.500. The van der Waals surface area contributed by atoms with Gasteiger partial charge in [-0.1, -0.05) is 45.0 Å². The van der Waals surface area contributed by atoms with Crippen LogP contribution in [0.15, 0.2) is 29.3 Å². The first-order valence-corrected chi connectivity index (χ1v) is 9.21. The van der Waals surface area contributed by atoms with E-state index in [4.69, 9.17) is 0 Å². The van der Waals surface area contributed by atoms with Gasteiger partial charge >= 0.3 is 5.97 Å². The molecule has 0 aliphatic heterocycles. The molecule has 0 amide bonds. The van der Waals surface area contributed by atoms with Crippen LogP contribution in [0.4, 0.5) is 0 Å². The van der Waals surface area contributed by atoms with Crippen LogP contribution in [0, 0.1) is 0 Å². The van der Waals surface area contributed by atoms with Crippen LogP contribution in [-0.2, 0) is 16.6 Å². The lowest BCUT2D eigenvalue weighted by atomic mass is 9.85. The van der Waals surface area contributed by atoms with Gasteiger partial charge in [0, 0.05) is 6.42 Å². The highest BCUT2D eigenvalue weighted by molar-refractivity contribution is 8.38. The van der Waals surface area contributed by atoms with Gasteiger partial charge < -0.3 is 5.11 Å². The van der Waals surface area contributed by atoms with Gasteiger partial charge in [-0.25, -0.2) is 4.79 Å². The van der Waals surface area contributed by atoms with E-state index in [1.54, 1.807) is 0 Å². The van der Waals surface area contributed by atoms with Crippen LogP contribution in [0.25, 0.3) is 0 Å². The molecule has 0 aromatic heterocycles.